The molecule has 0 saturated heterocycles. The van der Waals surface area contributed by atoms with E-state index in [2.05, 4.69) is 5.32 Å². The van der Waals surface area contributed by atoms with Gasteiger partial charge in [0.05, 0.1) is 11.4 Å². The van der Waals surface area contributed by atoms with E-state index in [-0.39, 0.29) is 5.91 Å². The molecule has 4 heteroatoms. The zero-order valence-electron chi connectivity index (χ0n) is 11.2. The molecule has 1 aliphatic heterocycles. The SMILES string of the molecule is Cc1ccc(NC(=O)C2Cc3ccccc3O2)c(N)c1. The number of nitrogens with one attached hydrogen (secondary N) is 1. The molecule has 1 atom stereocenters. The van der Waals surface area contributed by atoms with Crippen molar-refractivity contribution in [3.8, 4) is 5.75 Å². The van der Waals surface area contributed by atoms with Crippen molar-refractivity contribution in [1.29, 1.82) is 0 Å². The second kappa shape index (κ2) is 4.89. The predicted molar refractivity (Wildman–Crippen MR) is 78.8 cm³/mol. The summed E-state index contributed by atoms with van der Waals surface area (Å²) in [5, 5.41) is 2.83. The van der Waals surface area contributed by atoms with Gasteiger partial charge >= 0.3 is 0 Å². The van der Waals surface area contributed by atoms with Crippen LogP contribution >= 0.6 is 0 Å². The number of nitrogen functional groups attached to an aromatic ring is 1. The fraction of sp³-hybridized carbons (Fsp3) is 0.188. The fourth-order valence-corrected chi connectivity index (χ4v) is 2.34. The first-order valence-electron chi connectivity index (χ1n) is 6.55. The van der Waals surface area contributed by atoms with E-state index in [9.17, 15) is 4.79 Å². The second-order valence-electron chi connectivity index (χ2n) is 5.00. The minimum Gasteiger partial charge on any atom is -0.480 e. The summed E-state index contributed by atoms with van der Waals surface area (Å²) in [5.74, 6) is 0.612. The minimum absolute atomic E-state index is 0.170. The first kappa shape index (κ1) is 12.5. The summed E-state index contributed by atoms with van der Waals surface area (Å²) in [6.07, 6.45) is 0.0985. The van der Waals surface area contributed by atoms with Gasteiger partial charge in [-0.1, -0.05) is 24.3 Å². The van der Waals surface area contributed by atoms with E-state index in [0.29, 0.717) is 17.8 Å². The molecule has 2 aromatic rings. The third-order valence-electron chi connectivity index (χ3n) is 3.40. The Labute approximate surface area is 117 Å². The van der Waals surface area contributed by atoms with Crippen LogP contribution in [0.5, 0.6) is 5.75 Å². The maximum absolute atomic E-state index is 12.2. The third-order valence-corrected chi connectivity index (χ3v) is 3.40. The van der Waals surface area contributed by atoms with E-state index in [4.69, 9.17) is 10.5 Å². The van der Waals surface area contributed by atoms with Gasteiger partial charge in [-0.2, -0.15) is 0 Å². The summed E-state index contributed by atoms with van der Waals surface area (Å²) in [4.78, 5) is 12.2. The molecule has 0 fully saturated rings. The van der Waals surface area contributed by atoms with Crippen LogP contribution in [0.2, 0.25) is 0 Å². The van der Waals surface area contributed by atoms with Gasteiger partial charge in [0.25, 0.3) is 5.91 Å². The Morgan fingerprint density at radius 1 is 1.30 bits per heavy atom. The van der Waals surface area contributed by atoms with Gasteiger partial charge in [-0.3, -0.25) is 4.79 Å². The Morgan fingerprint density at radius 2 is 2.10 bits per heavy atom. The highest BCUT2D eigenvalue weighted by Crippen LogP contribution is 2.29. The largest absolute Gasteiger partial charge is 0.480 e. The molecule has 0 radical (unpaired) electrons. The summed E-state index contributed by atoms with van der Waals surface area (Å²) in [7, 11) is 0. The summed E-state index contributed by atoms with van der Waals surface area (Å²) in [6.45, 7) is 1.96. The smallest absolute Gasteiger partial charge is 0.265 e. The van der Waals surface area contributed by atoms with Gasteiger partial charge in [0.1, 0.15) is 5.75 Å². The number of para-hydroxylation sites is 1. The Balaban J connectivity index is 1.72. The summed E-state index contributed by atoms with van der Waals surface area (Å²) in [5.41, 5.74) is 9.21. The van der Waals surface area contributed by atoms with Crippen LogP contribution in [-0.4, -0.2) is 12.0 Å². The molecule has 20 heavy (non-hydrogen) atoms. The van der Waals surface area contributed by atoms with Crippen LogP contribution in [-0.2, 0) is 11.2 Å². The zero-order chi connectivity index (χ0) is 14.1. The summed E-state index contributed by atoms with van der Waals surface area (Å²) < 4.78 is 5.65. The molecule has 1 amide bonds. The van der Waals surface area contributed by atoms with Crippen LogP contribution in [0.25, 0.3) is 0 Å². The molecule has 4 nitrogen and oxygen atoms in total. The first-order chi connectivity index (χ1) is 9.63. The molecule has 0 bridgehead atoms. The van der Waals surface area contributed by atoms with E-state index < -0.39 is 6.10 Å². The molecule has 0 aromatic heterocycles. The van der Waals surface area contributed by atoms with Gasteiger partial charge in [0.2, 0.25) is 0 Å². The average molecular weight is 268 g/mol. The Bertz CT molecular complexity index is 642. The van der Waals surface area contributed by atoms with Crippen LogP contribution in [0.4, 0.5) is 11.4 Å². The number of nitrogens with two attached hydrogens (primary N) is 1. The predicted octanol–water partition coefficient (Wildman–Crippen LogP) is 2.52. The molecule has 0 aliphatic carbocycles. The van der Waals surface area contributed by atoms with E-state index >= 15 is 0 Å². The molecule has 0 spiro atoms. The number of rotatable bonds is 2. The van der Waals surface area contributed by atoms with E-state index in [1.54, 1.807) is 0 Å². The van der Waals surface area contributed by atoms with Crippen LogP contribution in [0, 0.1) is 6.92 Å². The lowest BCUT2D eigenvalue weighted by Gasteiger charge is -2.13. The third kappa shape index (κ3) is 2.32. The van der Waals surface area contributed by atoms with Crippen molar-refractivity contribution in [2.45, 2.75) is 19.4 Å². The van der Waals surface area contributed by atoms with E-state index in [0.717, 1.165) is 16.9 Å². The monoisotopic (exact) mass is 268 g/mol. The number of ether oxygens (including phenoxy) is 1. The molecule has 1 heterocycles. The minimum atomic E-state index is -0.492. The number of aryl methyl sites for hydroxylation is 1. The number of anilines is 2. The fourth-order valence-electron chi connectivity index (χ4n) is 2.34. The summed E-state index contributed by atoms with van der Waals surface area (Å²) in [6, 6.07) is 13.3. The van der Waals surface area contributed by atoms with Crippen molar-refractivity contribution in [3.05, 3.63) is 53.6 Å². The lowest BCUT2D eigenvalue weighted by atomic mass is 10.1. The average Bonchev–Trinajstić information content (AvgIpc) is 2.86. The molecule has 2 aromatic carbocycles. The molecule has 102 valence electrons. The van der Waals surface area contributed by atoms with E-state index in [1.165, 1.54) is 0 Å². The quantitative estimate of drug-likeness (QED) is 0.823. The Kier molecular flexibility index (Phi) is 3.06. The van der Waals surface area contributed by atoms with Gasteiger partial charge in [0.15, 0.2) is 6.10 Å². The van der Waals surface area contributed by atoms with Crippen molar-refractivity contribution in [2.24, 2.45) is 0 Å². The van der Waals surface area contributed by atoms with Crippen LogP contribution < -0.4 is 15.8 Å². The van der Waals surface area contributed by atoms with Crippen molar-refractivity contribution >= 4 is 17.3 Å². The summed E-state index contributed by atoms with van der Waals surface area (Å²) >= 11 is 0. The molecule has 0 saturated carbocycles. The standard InChI is InChI=1S/C16H16N2O2/c1-10-6-7-13(12(17)8-10)18-16(19)15-9-11-4-2-3-5-14(11)20-15/h2-8,15H,9,17H2,1H3,(H,18,19). The highest BCUT2D eigenvalue weighted by atomic mass is 16.5. The van der Waals surface area contributed by atoms with Gasteiger partial charge in [0, 0.05) is 6.42 Å². The number of benzene rings is 2. The van der Waals surface area contributed by atoms with Gasteiger partial charge < -0.3 is 15.8 Å². The molecule has 3 N–H and O–H groups in total. The molecule has 1 unspecified atom stereocenters. The van der Waals surface area contributed by atoms with Gasteiger partial charge in [-0.05, 0) is 36.2 Å². The van der Waals surface area contributed by atoms with Crippen molar-refractivity contribution in [2.75, 3.05) is 11.1 Å². The van der Waals surface area contributed by atoms with E-state index in [1.807, 2.05) is 49.4 Å². The molecule has 3 rings (SSSR count). The topological polar surface area (TPSA) is 64.3 Å². The van der Waals surface area contributed by atoms with Crippen molar-refractivity contribution in [3.63, 3.8) is 0 Å². The van der Waals surface area contributed by atoms with Crippen molar-refractivity contribution < 1.29 is 9.53 Å². The van der Waals surface area contributed by atoms with Crippen LogP contribution in [0.1, 0.15) is 11.1 Å². The van der Waals surface area contributed by atoms with Crippen LogP contribution in [0.3, 0.4) is 0 Å². The first-order valence-corrected chi connectivity index (χ1v) is 6.55. The zero-order valence-corrected chi connectivity index (χ0v) is 11.2. The lowest BCUT2D eigenvalue weighted by molar-refractivity contribution is -0.122. The molecule has 1 aliphatic rings. The number of hydrogen-bond acceptors (Lipinski definition) is 3. The highest BCUT2D eigenvalue weighted by molar-refractivity contribution is 5.97. The van der Waals surface area contributed by atoms with Crippen molar-refractivity contribution in [1.82, 2.24) is 0 Å². The highest BCUT2D eigenvalue weighted by Gasteiger charge is 2.28. The normalized spacial score (nSPS) is 16.4. The number of amides is 1. The lowest BCUT2D eigenvalue weighted by Crippen LogP contribution is -2.31. The second-order valence-corrected chi connectivity index (χ2v) is 5.00. The molecular weight excluding hydrogens is 252 g/mol. The number of fused-ring (bicyclic) bond motifs is 1. The maximum atomic E-state index is 12.2. The molecular formula is C16H16N2O2. The Hall–Kier alpha value is -2.49. The number of carbonyl (C=O) groups excluding carboxylic acids is 1. The van der Waals surface area contributed by atoms with Crippen LogP contribution in [0.15, 0.2) is 42.5 Å². The number of hydrogen-bond donors (Lipinski definition) is 2. The maximum Gasteiger partial charge on any atom is 0.265 e. The van der Waals surface area contributed by atoms with Gasteiger partial charge in [-0.25, -0.2) is 0 Å². The Morgan fingerprint density at radius 3 is 2.85 bits per heavy atom. The van der Waals surface area contributed by atoms with Gasteiger partial charge in [-0.15, -0.1) is 0 Å². The number of carbonyl (C=O) groups is 1.